The number of carbonyl (C=O) groups is 2. The summed E-state index contributed by atoms with van der Waals surface area (Å²) in [6.45, 7) is 2.79. The summed E-state index contributed by atoms with van der Waals surface area (Å²) < 4.78 is 0. The van der Waals surface area contributed by atoms with Crippen LogP contribution in [0.4, 0.5) is 0 Å². The van der Waals surface area contributed by atoms with E-state index >= 15 is 0 Å². The highest BCUT2D eigenvalue weighted by Crippen LogP contribution is 2.11. The maximum absolute atomic E-state index is 11.7. The molecular weight excluding hydrogens is 196 g/mol. The van der Waals surface area contributed by atoms with Gasteiger partial charge in [-0.15, -0.1) is 0 Å². The molecule has 5 heteroatoms. The van der Waals surface area contributed by atoms with Crippen molar-refractivity contribution < 1.29 is 14.7 Å². The quantitative estimate of drug-likeness (QED) is 0.697. The molecular formula is C10H18N2O3. The second kappa shape index (κ2) is 5.11. The zero-order valence-corrected chi connectivity index (χ0v) is 9.19. The Morgan fingerprint density at radius 3 is 2.93 bits per heavy atom. The van der Waals surface area contributed by atoms with Gasteiger partial charge >= 0.3 is 5.97 Å². The van der Waals surface area contributed by atoms with Crippen LogP contribution in [0.2, 0.25) is 0 Å². The van der Waals surface area contributed by atoms with Crippen molar-refractivity contribution in [2.24, 2.45) is 0 Å². The molecule has 0 aromatic carbocycles. The average Bonchev–Trinajstić information content (AvgIpc) is 2.24. The molecule has 0 aromatic heterocycles. The first kappa shape index (κ1) is 12.0. The van der Waals surface area contributed by atoms with Crippen LogP contribution in [0.1, 0.15) is 26.2 Å². The SMILES string of the molecule is CC1CCN(C)C(CCC(=O)O)C(=O)N1. The number of amides is 1. The van der Waals surface area contributed by atoms with Gasteiger partial charge in [0.05, 0.1) is 6.04 Å². The van der Waals surface area contributed by atoms with E-state index in [0.717, 1.165) is 13.0 Å². The lowest BCUT2D eigenvalue weighted by molar-refractivity contribution is -0.137. The van der Waals surface area contributed by atoms with Crippen LogP contribution in [0, 0.1) is 0 Å². The molecule has 1 rings (SSSR count). The number of rotatable bonds is 3. The Morgan fingerprint density at radius 1 is 1.67 bits per heavy atom. The van der Waals surface area contributed by atoms with Crippen LogP contribution in [0.3, 0.4) is 0 Å². The average molecular weight is 214 g/mol. The standard InChI is InChI=1S/C10H18N2O3/c1-7-5-6-12(2)8(10(15)11-7)3-4-9(13)14/h7-8H,3-6H2,1-2H3,(H,11,15)(H,13,14). The van der Waals surface area contributed by atoms with Gasteiger partial charge in [-0.2, -0.15) is 0 Å². The summed E-state index contributed by atoms with van der Waals surface area (Å²) in [7, 11) is 1.87. The Kier molecular flexibility index (Phi) is 4.08. The van der Waals surface area contributed by atoms with Crippen molar-refractivity contribution in [2.75, 3.05) is 13.6 Å². The molecule has 1 amide bonds. The molecule has 1 heterocycles. The zero-order valence-electron chi connectivity index (χ0n) is 9.19. The number of carboxylic acids is 1. The summed E-state index contributed by atoms with van der Waals surface area (Å²) in [5, 5.41) is 11.5. The highest BCUT2D eigenvalue weighted by Gasteiger charge is 2.27. The van der Waals surface area contributed by atoms with E-state index in [0.29, 0.717) is 6.42 Å². The maximum Gasteiger partial charge on any atom is 0.303 e. The number of carbonyl (C=O) groups excluding carboxylic acids is 1. The van der Waals surface area contributed by atoms with Crippen molar-refractivity contribution in [2.45, 2.75) is 38.3 Å². The van der Waals surface area contributed by atoms with Crippen molar-refractivity contribution in [3.05, 3.63) is 0 Å². The number of hydrogen-bond donors (Lipinski definition) is 2. The third kappa shape index (κ3) is 3.51. The molecule has 1 aliphatic rings. The Labute approximate surface area is 89.4 Å². The van der Waals surface area contributed by atoms with Gasteiger partial charge in [-0.25, -0.2) is 0 Å². The Bertz CT molecular complexity index is 255. The first-order valence-corrected chi connectivity index (χ1v) is 5.23. The molecule has 2 N–H and O–H groups in total. The molecule has 0 spiro atoms. The molecule has 1 aliphatic heterocycles. The Morgan fingerprint density at radius 2 is 2.33 bits per heavy atom. The molecule has 0 radical (unpaired) electrons. The lowest BCUT2D eigenvalue weighted by Gasteiger charge is -2.22. The van der Waals surface area contributed by atoms with Gasteiger partial charge in [0.15, 0.2) is 0 Å². The molecule has 0 aliphatic carbocycles. The molecule has 86 valence electrons. The van der Waals surface area contributed by atoms with E-state index in [1.807, 2.05) is 18.9 Å². The molecule has 1 fully saturated rings. The molecule has 15 heavy (non-hydrogen) atoms. The largest absolute Gasteiger partial charge is 0.481 e. The van der Waals surface area contributed by atoms with Crippen LogP contribution in [0.25, 0.3) is 0 Å². The van der Waals surface area contributed by atoms with Gasteiger partial charge in [0.2, 0.25) is 5.91 Å². The molecule has 2 unspecified atom stereocenters. The van der Waals surface area contributed by atoms with E-state index in [1.54, 1.807) is 0 Å². The summed E-state index contributed by atoms with van der Waals surface area (Å²) in [5.41, 5.74) is 0. The highest BCUT2D eigenvalue weighted by molar-refractivity contribution is 5.82. The minimum absolute atomic E-state index is 0.0385. The summed E-state index contributed by atoms with van der Waals surface area (Å²) >= 11 is 0. The van der Waals surface area contributed by atoms with Crippen LogP contribution in [-0.4, -0.2) is 47.6 Å². The monoisotopic (exact) mass is 214 g/mol. The van der Waals surface area contributed by atoms with Crippen LogP contribution in [0.5, 0.6) is 0 Å². The van der Waals surface area contributed by atoms with Crippen LogP contribution in [-0.2, 0) is 9.59 Å². The number of nitrogens with one attached hydrogen (secondary N) is 1. The van der Waals surface area contributed by atoms with Crippen molar-refractivity contribution in [3.63, 3.8) is 0 Å². The van der Waals surface area contributed by atoms with Crippen LogP contribution in [0.15, 0.2) is 0 Å². The van der Waals surface area contributed by atoms with Crippen molar-refractivity contribution in [1.29, 1.82) is 0 Å². The lowest BCUT2D eigenvalue weighted by atomic mass is 10.1. The summed E-state index contributed by atoms with van der Waals surface area (Å²) in [6.07, 6.45) is 1.33. The number of likely N-dealkylation sites (N-methyl/N-ethyl adjacent to an activating group) is 1. The summed E-state index contributed by atoms with van der Waals surface area (Å²) in [4.78, 5) is 24.1. The second-order valence-corrected chi connectivity index (χ2v) is 4.13. The van der Waals surface area contributed by atoms with Gasteiger partial charge in [0, 0.05) is 19.0 Å². The van der Waals surface area contributed by atoms with Gasteiger partial charge in [-0.1, -0.05) is 0 Å². The molecule has 2 atom stereocenters. The van der Waals surface area contributed by atoms with E-state index in [2.05, 4.69) is 5.32 Å². The number of nitrogens with zero attached hydrogens (tertiary/aromatic N) is 1. The van der Waals surface area contributed by atoms with E-state index in [-0.39, 0.29) is 24.4 Å². The molecule has 0 aromatic rings. The Balaban J connectivity index is 2.58. The number of hydrogen-bond acceptors (Lipinski definition) is 3. The summed E-state index contributed by atoms with van der Waals surface area (Å²) in [6, 6.07) is -0.124. The summed E-state index contributed by atoms with van der Waals surface area (Å²) in [5.74, 6) is -0.905. The van der Waals surface area contributed by atoms with E-state index < -0.39 is 5.97 Å². The van der Waals surface area contributed by atoms with E-state index in [4.69, 9.17) is 5.11 Å². The van der Waals surface area contributed by atoms with Crippen molar-refractivity contribution in [1.82, 2.24) is 10.2 Å². The lowest BCUT2D eigenvalue weighted by Crippen LogP contribution is -2.43. The predicted molar refractivity (Wildman–Crippen MR) is 55.5 cm³/mol. The minimum Gasteiger partial charge on any atom is -0.481 e. The van der Waals surface area contributed by atoms with Gasteiger partial charge in [-0.3, -0.25) is 14.5 Å². The third-order valence-electron chi connectivity index (χ3n) is 2.77. The highest BCUT2D eigenvalue weighted by atomic mass is 16.4. The number of aliphatic carboxylic acids is 1. The molecule has 0 saturated carbocycles. The van der Waals surface area contributed by atoms with Gasteiger partial charge in [0.1, 0.15) is 0 Å². The van der Waals surface area contributed by atoms with Gasteiger partial charge < -0.3 is 10.4 Å². The topological polar surface area (TPSA) is 69.6 Å². The fraction of sp³-hybridized carbons (Fsp3) is 0.800. The molecule has 1 saturated heterocycles. The van der Waals surface area contributed by atoms with Crippen LogP contribution >= 0.6 is 0 Å². The van der Waals surface area contributed by atoms with Gasteiger partial charge in [-0.05, 0) is 26.8 Å². The normalized spacial score (nSPS) is 28.3. The van der Waals surface area contributed by atoms with Crippen LogP contribution < -0.4 is 5.32 Å². The van der Waals surface area contributed by atoms with Crippen molar-refractivity contribution in [3.8, 4) is 0 Å². The smallest absolute Gasteiger partial charge is 0.303 e. The predicted octanol–water partition coefficient (Wildman–Crippen LogP) is 0.0600. The van der Waals surface area contributed by atoms with Gasteiger partial charge in [0.25, 0.3) is 0 Å². The zero-order chi connectivity index (χ0) is 11.4. The molecule has 5 nitrogen and oxygen atoms in total. The second-order valence-electron chi connectivity index (χ2n) is 4.13. The fourth-order valence-electron chi connectivity index (χ4n) is 1.78. The van der Waals surface area contributed by atoms with E-state index in [9.17, 15) is 9.59 Å². The third-order valence-corrected chi connectivity index (χ3v) is 2.77. The Hall–Kier alpha value is -1.10. The first-order chi connectivity index (χ1) is 7.00. The molecule has 0 bridgehead atoms. The van der Waals surface area contributed by atoms with E-state index in [1.165, 1.54) is 0 Å². The first-order valence-electron chi connectivity index (χ1n) is 5.23. The van der Waals surface area contributed by atoms with Crippen molar-refractivity contribution >= 4 is 11.9 Å². The fourth-order valence-corrected chi connectivity index (χ4v) is 1.78. The minimum atomic E-state index is -0.853. The maximum atomic E-state index is 11.7. The number of carboxylic acid groups (broad SMARTS) is 1.